The molecule has 202 valence electrons. The molecular formula is C32H33NO6. The Morgan fingerprint density at radius 1 is 0.872 bits per heavy atom. The molecule has 1 atom stereocenters. The molecular weight excluding hydrogens is 494 g/mol. The SMILES string of the molecule is O=C(O)CC(c1ccc2c(c1)OCO2)c1ccc2ccc(OCC(=O)NC34CC5CC(CC(C5)C3)C4)cc2c1. The topological polar surface area (TPSA) is 94.1 Å². The van der Waals surface area contributed by atoms with Gasteiger partial charge in [-0.05, 0) is 102 Å². The number of ether oxygens (including phenoxy) is 3. The highest BCUT2D eigenvalue weighted by Crippen LogP contribution is 2.55. The van der Waals surface area contributed by atoms with Gasteiger partial charge in [-0.2, -0.15) is 0 Å². The molecule has 4 fully saturated rings. The van der Waals surface area contributed by atoms with E-state index in [0.717, 1.165) is 58.9 Å². The second-order valence-electron chi connectivity index (χ2n) is 12.1. The molecule has 5 aliphatic rings. The van der Waals surface area contributed by atoms with Crippen molar-refractivity contribution in [3.8, 4) is 17.2 Å². The second-order valence-corrected chi connectivity index (χ2v) is 12.1. The van der Waals surface area contributed by atoms with Crippen molar-refractivity contribution >= 4 is 22.6 Å². The maximum Gasteiger partial charge on any atom is 0.304 e. The van der Waals surface area contributed by atoms with Gasteiger partial charge in [0.25, 0.3) is 5.91 Å². The maximum atomic E-state index is 12.9. The molecule has 4 aliphatic carbocycles. The standard InChI is InChI=1S/C32H33NO6/c34-30(33-32-14-19-7-20(15-32)9-21(8-19)16-32)17-37-26-5-3-22-1-2-23(10-25(22)11-26)27(13-31(35)36)24-4-6-28-29(12-24)39-18-38-28/h1-6,10-12,19-21,27H,7-9,13-18H2,(H,33,34)(H,35,36). The van der Waals surface area contributed by atoms with Crippen LogP contribution in [0.1, 0.15) is 62.0 Å². The van der Waals surface area contributed by atoms with Gasteiger partial charge in [-0.3, -0.25) is 9.59 Å². The van der Waals surface area contributed by atoms with Gasteiger partial charge in [0.1, 0.15) is 5.75 Å². The fourth-order valence-corrected chi connectivity index (χ4v) is 8.03. The summed E-state index contributed by atoms with van der Waals surface area (Å²) in [5, 5.41) is 15.0. The number of hydrogen-bond acceptors (Lipinski definition) is 5. The third-order valence-electron chi connectivity index (χ3n) is 9.23. The molecule has 0 saturated heterocycles. The molecule has 1 heterocycles. The van der Waals surface area contributed by atoms with E-state index in [1.54, 1.807) is 0 Å². The van der Waals surface area contributed by atoms with Crippen molar-refractivity contribution in [2.24, 2.45) is 17.8 Å². The smallest absolute Gasteiger partial charge is 0.304 e. The monoisotopic (exact) mass is 527 g/mol. The number of carbonyl (C=O) groups excluding carboxylic acids is 1. The van der Waals surface area contributed by atoms with Gasteiger partial charge in [-0.1, -0.05) is 30.3 Å². The predicted octanol–water partition coefficient (Wildman–Crippen LogP) is 5.64. The predicted molar refractivity (Wildman–Crippen MR) is 145 cm³/mol. The summed E-state index contributed by atoms with van der Waals surface area (Å²) in [6, 6.07) is 17.3. The first-order valence-electron chi connectivity index (χ1n) is 14.0. The second kappa shape index (κ2) is 9.47. The van der Waals surface area contributed by atoms with E-state index in [1.165, 1.54) is 19.3 Å². The first kappa shape index (κ1) is 24.3. The molecule has 8 rings (SSSR count). The van der Waals surface area contributed by atoms with Crippen LogP contribution in [-0.2, 0) is 9.59 Å². The Morgan fingerprint density at radius 3 is 2.28 bits per heavy atom. The molecule has 1 aliphatic heterocycles. The van der Waals surface area contributed by atoms with Crippen LogP contribution in [0.3, 0.4) is 0 Å². The zero-order chi connectivity index (χ0) is 26.6. The Balaban J connectivity index is 1.07. The molecule has 4 saturated carbocycles. The van der Waals surface area contributed by atoms with Crippen LogP contribution in [0.4, 0.5) is 0 Å². The number of benzene rings is 3. The van der Waals surface area contributed by atoms with Gasteiger partial charge in [0.2, 0.25) is 6.79 Å². The number of rotatable bonds is 8. The highest BCUT2D eigenvalue weighted by molar-refractivity contribution is 5.85. The van der Waals surface area contributed by atoms with Gasteiger partial charge < -0.3 is 24.6 Å². The lowest BCUT2D eigenvalue weighted by molar-refractivity contribution is -0.137. The number of nitrogens with one attached hydrogen (secondary N) is 1. The molecule has 2 N–H and O–H groups in total. The summed E-state index contributed by atoms with van der Waals surface area (Å²) in [4.78, 5) is 24.7. The Labute approximate surface area is 227 Å². The van der Waals surface area contributed by atoms with Crippen LogP contribution >= 0.6 is 0 Å². The number of carboxylic acids is 1. The molecule has 0 spiro atoms. The lowest BCUT2D eigenvalue weighted by Gasteiger charge is -2.56. The van der Waals surface area contributed by atoms with Crippen molar-refractivity contribution < 1.29 is 28.9 Å². The molecule has 3 aromatic rings. The number of carbonyl (C=O) groups is 2. The summed E-state index contributed by atoms with van der Waals surface area (Å²) in [7, 11) is 0. The average molecular weight is 528 g/mol. The van der Waals surface area contributed by atoms with Gasteiger partial charge >= 0.3 is 5.97 Å². The minimum atomic E-state index is -0.875. The summed E-state index contributed by atoms with van der Waals surface area (Å²) in [6.07, 6.45) is 7.32. The largest absolute Gasteiger partial charge is 0.484 e. The zero-order valence-electron chi connectivity index (χ0n) is 21.9. The van der Waals surface area contributed by atoms with Crippen molar-refractivity contribution in [1.82, 2.24) is 5.32 Å². The van der Waals surface area contributed by atoms with Crippen LogP contribution in [0.25, 0.3) is 10.8 Å². The number of amides is 1. The Kier molecular flexibility index (Phi) is 5.90. The maximum absolute atomic E-state index is 12.9. The van der Waals surface area contributed by atoms with E-state index < -0.39 is 5.97 Å². The fourth-order valence-electron chi connectivity index (χ4n) is 8.03. The Hall–Kier alpha value is -3.74. The lowest BCUT2D eigenvalue weighted by Crippen LogP contribution is -2.60. The molecule has 7 heteroatoms. The molecule has 7 nitrogen and oxygen atoms in total. The van der Waals surface area contributed by atoms with Gasteiger partial charge in [0, 0.05) is 11.5 Å². The van der Waals surface area contributed by atoms with Gasteiger partial charge in [0.15, 0.2) is 18.1 Å². The van der Waals surface area contributed by atoms with E-state index >= 15 is 0 Å². The molecule has 1 amide bonds. The van der Waals surface area contributed by atoms with Crippen LogP contribution in [0.5, 0.6) is 17.2 Å². The highest BCUT2D eigenvalue weighted by Gasteiger charge is 2.51. The molecule has 4 bridgehead atoms. The van der Waals surface area contributed by atoms with Crippen LogP contribution in [0, 0.1) is 17.8 Å². The number of carboxylic acid groups (broad SMARTS) is 1. The average Bonchev–Trinajstić information content (AvgIpc) is 3.37. The Bertz CT molecular complexity index is 1410. The van der Waals surface area contributed by atoms with Crippen molar-refractivity contribution in [3.05, 3.63) is 65.7 Å². The first-order chi connectivity index (χ1) is 18.9. The number of hydrogen-bond donors (Lipinski definition) is 2. The van der Waals surface area contributed by atoms with Gasteiger partial charge in [0.05, 0.1) is 6.42 Å². The molecule has 3 aromatic carbocycles. The summed E-state index contributed by atoms with van der Waals surface area (Å²) < 4.78 is 16.9. The van der Waals surface area contributed by atoms with Gasteiger partial charge in [-0.15, -0.1) is 0 Å². The van der Waals surface area contributed by atoms with E-state index in [2.05, 4.69) is 5.32 Å². The summed E-state index contributed by atoms with van der Waals surface area (Å²) in [5.41, 5.74) is 1.72. The highest BCUT2D eigenvalue weighted by atomic mass is 16.7. The molecule has 39 heavy (non-hydrogen) atoms. The van der Waals surface area contributed by atoms with Gasteiger partial charge in [-0.25, -0.2) is 0 Å². The minimum absolute atomic E-state index is 0.00815. The van der Waals surface area contributed by atoms with Crippen LogP contribution in [-0.4, -0.2) is 35.9 Å². The van der Waals surface area contributed by atoms with Crippen molar-refractivity contribution in [2.75, 3.05) is 13.4 Å². The van der Waals surface area contributed by atoms with Crippen molar-refractivity contribution in [1.29, 1.82) is 0 Å². The van der Waals surface area contributed by atoms with E-state index in [1.807, 2.05) is 54.6 Å². The summed E-state index contributed by atoms with van der Waals surface area (Å²) in [5.74, 6) is 2.97. The van der Waals surface area contributed by atoms with E-state index in [9.17, 15) is 14.7 Å². The summed E-state index contributed by atoms with van der Waals surface area (Å²) in [6.45, 7) is 0.160. The van der Waals surface area contributed by atoms with Crippen molar-refractivity contribution in [2.45, 2.75) is 56.4 Å². The third kappa shape index (κ3) is 4.79. The quantitative estimate of drug-likeness (QED) is 0.394. The van der Waals surface area contributed by atoms with E-state index in [4.69, 9.17) is 14.2 Å². The van der Waals surface area contributed by atoms with Crippen LogP contribution in [0.2, 0.25) is 0 Å². The Morgan fingerprint density at radius 2 is 1.54 bits per heavy atom. The number of aliphatic carboxylic acids is 1. The third-order valence-corrected chi connectivity index (χ3v) is 9.23. The molecule has 0 radical (unpaired) electrons. The normalized spacial score (nSPS) is 26.9. The van der Waals surface area contributed by atoms with Crippen LogP contribution in [0.15, 0.2) is 54.6 Å². The fraction of sp³-hybridized carbons (Fsp3) is 0.438. The van der Waals surface area contributed by atoms with Crippen molar-refractivity contribution in [3.63, 3.8) is 0 Å². The molecule has 1 unspecified atom stereocenters. The summed E-state index contributed by atoms with van der Waals surface area (Å²) >= 11 is 0. The van der Waals surface area contributed by atoms with E-state index in [0.29, 0.717) is 17.2 Å². The molecule has 0 aromatic heterocycles. The zero-order valence-corrected chi connectivity index (χ0v) is 21.9. The van der Waals surface area contributed by atoms with Crippen LogP contribution < -0.4 is 19.5 Å². The van der Waals surface area contributed by atoms with E-state index in [-0.39, 0.29) is 37.2 Å². The minimum Gasteiger partial charge on any atom is -0.484 e. The number of fused-ring (bicyclic) bond motifs is 2. The first-order valence-corrected chi connectivity index (χ1v) is 14.0. The lowest BCUT2D eigenvalue weighted by atomic mass is 9.53.